The quantitative estimate of drug-likeness (QED) is 0.755. The number of aromatic amines is 1. The number of hydrogen-bond donors (Lipinski definition) is 2. The molecule has 3 rings (SSSR count). The van der Waals surface area contributed by atoms with Crippen LogP contribution in [0.1, 0.15) is 55.4 Å². The molecule has 27 heavy (non-hydrogen) atoms. The van der Waals surface area contributed by atoms with Crippen LogP contribution in [0.25, 0.3) is 0 Å². The van der Waals surface area contributed by atoms with Gasteiger partial charge in [0.05, 0.1) is 6.61 Å². The van der Waals surface area contributed by atoms with E-state index < -0.39 is 0 Å². The van der Waals surface area contributed by atoms with Gasteiger partial charge in [-0.2, -0.15) is 5.10 Å². The second-order valence-electron chi connectivity index (χ2n) is 8.22. The summed E-state index contributed by atoms with van der Waals surface area (Å²) in [5, 5.41) is 10.2. The molecule has 0 aliphatic heterocycles. The first-order valence-electron chi connectivity index (χ1n) is 9.58. The van der Waals surface area contributed by atoms with Crippen LogP contribution >= 0.6 is 0 Å². The minimum atomic E-state index is -0.377. The average molecular weight is 373 g/mol. The first kappa shape index (κ1) is 19.4. The van der Waals surface area contributed by atoms with E-state index in [4.69, 9.17) is 4.74 Å². The summed E-state index contributed by atoms with van der Waals surface area (Å²) in [6, 6.07) is 6.31. The average Bonchev–Trinajstić information content (AvgIpc) is 3.05. The lowest BCUT2D eigenvalue weighted by atomic mass is 9.71. The largest absolute Gasteiger partial charge is 0.490 e. The predicted molar refractivity (Wildman–Crippen MR) is 102 cm³/mol. The number of H-pyrrole nitrogens is 1. The summed E-state index contributed by atoms with van der Waals surface area (Å²) >= 11 is 0. The number of nitrogens with zero attached hydrogens (tertiary/aromatic N) is 1. The lowest BCUT2D eigenvalue weighted by Crippen LogP contribution is -2.30. The number of amides is 1. The fourth-order valence-corrected chi connectivity index (χ4v) is 3.52. The van der Waals surface area contributed by atoms with Crippen molar-refractivity contribution in [3.8, 4) is 5.75 Å². The van der Waals surface area contributed by atoms with Crippen molar-refractivity contribution in [2.24, 2.45) is 11.3 Å². The van der Waals surface area contributed by atoms with Crippen molar-refractivity contribution >= 4 is 5.91 Å². The van der Waals surface area contributed by atoms with Crippen LogP contribution in [-0.2, 0) is 12.8 Å². The monoisotopic (exact) mass is 373 g/mol. The van der Waals surface area contributed by atoms with Crippen molar-refractivity contribution < 1.29 is 13.9 Å². The summed E-state index contributed by atoms with van der Waals surface area (Å²) in [5.74, 6) is 0.243. The molecule has 5 nitrogen and oxygen atoms in total. The Morgan fingerprint density at radius 3 is 2.89 bits per heavy atom. The molecule has 1 aliphatic rings. The van der Waals surface area contributed by atoms with Crippen molar-refractivity contribution in [3.05, 3.63) is 47.0 Å². The predicted octanol–water partition coefficient (Wildman–Crippen LogP) is 3.90. The molecular formula is C21H28FN3O2. The highest BCUT2D eigenvalue weighted by atomic mass is 19.1. The normalized spacial score (nSPS) is 16.7. The van der Waals surface area contributed by atoms with Gasteiger partial charge >= 0.3 is 0 Å². The number of carbonyl (C=O) groups is 1. The number of para-hydroxylation sites is 1. The number of carbonyl (C=O) groups excluding carboxylic acids is 1. The third kappa shape index (κ3) is 4.67. The first-order chi connectivity index (χ1) is 12.9. The summed E-state index contributed by atoms with van der Waals surface area (Å²) in [5.41, 5.74) is 2.87. The maximum atomic E-state index is 13.5. The van der Waals surface area contributed by atoms with E-state index in [1.54, 1.807) is 18.2 Å². The van der Waals surface area contributed by atoms with Gasteiger partial charge in [-0.25, -0.2) is 4.39 Å². The summed E-state index contributed by atoms with van der Waals surface area (Å²) < 4.78 is 18.9. The van der Waals surface area contributed by atoms with E-state index in [0.717, 1.165) is 30.5 Å². The molecule has 0 spiro atoms. The number of aromatic nitrogens is 2. The number of ether oxygens (including phenoxy) is 1. The molecule has 0 saturated heterocycles. The molecule has 0 bridgehead atoms. The van der Waals surface area contributed by atoms with E-state index in [0.29, 0.717) is 31.2 Å². The van der Waals surface area contributed by atoms with Crippen LogP contribution in [0.4, 0.5) is 4.39 Å². The molecule has 1 amide bonds. The molecule has 2 N–H and O–H groups in total. The Morgan fingerprint density at radius 1 is 1.37 bits per heavy atom. The molecule has 1 atom stereocenters. The number of benzene rings is 1. The van der Waals surface area contributed by atoms with E-state index in [1.807, 2.05) is 0 Å². The third-order valence-electron chi connectivity index (χ3n) is 5.29. The maximum Gasteiger partial charge on any atom is 0.272 e. The highest BCUT2D eigenvalue weighted by Crippen LogP contribution is 2.37. The number of rotatable bonds is 6. The Morgan fingerprint density at radius 2 is 2.15 bits per heavy atom. The van der Waals surface area contributed by atoms with Gasteiger partial charge in [0.1, 0.15) is 0 Å². The van der Waals surface area contributed by atoms with E-state index >= 15 is 0 Å². The minimum absolute atomic E-state index is 0.159. The van der Waals surface area contributed by atoms with Crippen LogP contribution in [-0.4, -0.2) is 29.3 Å². The van der Waals surface area contributed by atoms with Crippen molar-refractivity contribution in [3.63, 3.8) is 0 Å². The van der Waals surface area contributed by atoms with Crippen molar-refractivity contribution in [2.75, 3.05) is 13.2 Å². The smallest absolute Gasteiger partial charge is 0.272 e. The third-order valence-corrected chi connectivity index (χ3v) is 5.29. The molecule has 2 aromatic rings. The highest BCUT2D eigenvalue weighted by Gasteiger charge is 2.32. The van der Waals surface area contributed by atoms with Crippen molar-refractivity contribution in [1.82, 2.24) is 15.5 Å². The van der Waals surface area contributed by atoms with Crippen LogP contribution in [0.5, 0.6) is 5.75 Å². The molecule has 1 heterocycles. The van der Waals surface area contributed by atoms with Gasteiger partial charge in [0, 0.05) is 17.8 Å². The van der Waals surface area contributed by atoms with E-state index in [2.05, 4.69) is 36.3 Å². The van der Waals surface area contributed by atoms with Crippen molar-refractivity contribution in [2.45, 2.75) is 46.5 Å². The molecule has 1 aromatic carbocycles. The van der Waals surface area contributed by atoms with E-state index in [1.165, 1.54) is 6.07 Å². The van der Waals surface area contributed by atoms with Crippen LogP contribution in [0.3, 0.4) is 0 Å². The van der Waals surface area contributed by atoms with Crippen LogP contribution in [0.2, 0.25) is 0 Å². The summed E-state index contributed by atoms with van der Waals surface area (Å²) in [4.78, 5) is 12.5. The molecule has 0 unspecified atom stereocenters. The fourth-order valence-electron chi connectivity index (χ4n) is 3.52. The van der Waals surface area contributed by atoms with Crippen LogP contribution in [0, 0.1) is 17.2 Å². The highest BCUT2D eigenvalue weighted by molar-refractivity contribution is 5.94. The van der Waals surface area contributed by atoms with Gasteiger partial charge in [-0.3, -0.25) is 9.89 Å². The van der Waals surface area contributed by atoms with E-state index in [9.17, 15) is 9.18 Å². The molecule has 0 saturated carbocycles. The Balaban J connectivity index is 1.50. The zero-order valence-corrected chi connectivity index (χ0v) is 16.3. The Bertz CT molecular complexity index is 795. The van der Waals surface area contributed by atoms with Gasteiger partial charge < -0.3 is 10.1 Å². The second-order valence-corrected chi connectivity index (χ2v) is 8.22. The molecule has 0 radical (unpaired) electrons. The Labute approximate surface area is 159 Å². The van der Waals surface area contributed by atoms with Crippen molar-refractivity contribution in [1.29, 1.82) is 0 Å². The van der Waals surface area contributed by atoms with Crippen LogP contribution < -0.4 is 10.1 Å². The Hall–Kier alpha value is -2.37. The van der Waals surface area contributed by atoms with Gasteiger partial charge in [-0.05, 0) is 49.1 Å². The number of aryl methyl sites for hydroxylation is 1. The zero-order valence-electron chi connectivity index (χ0n) is 16.3. The number of fused-ring (bicyclic) bond motifs is 1. The van der Waals surface area contributed by atoms with Crippen LogP contribution in [0.15, 0.2) is 24.3 Å². The zero-order chi connectivity index (χ0) is 19.4. The molecular weight excluding hydrogens is 345 g/mol. The molecule has 146 valence electrons. The number of halogens is 1. The summed E-state index contributed by atoms with van der Waals surface area (Å²) in [6.07, 6.45) is 3.53. The Kier molecular flexibility index (Phi) is 5.82. The molecule has 1 aliphatic carbocycles. The lowest BCUT2D eigenvalue weighted by molar-refractivity contribution is 0.0944. The molecule has 1 aromatic heterocycles. The lowest BCUT2D eigenvalue weighted by Gasteiger charge is -2.33. The maximum absolute atomic E-state index is 13.5. The van der Waals surface area contributed by atoms with E-state index in [-0.39, 0.29) is 22.9 Å². The van der Waals surface area contributed by atoms with Gasteiger partial charge in [0.15, 0.2) is 17.3 Å². The second kappa shape index (κ2) is 8.11. The first-order valence-corrected chi connectivity index (χ1v) is 9.58. The fraction of sp³-hybridized carbons (Fsp3) is 0.524. The van der Waals surface area contributed by atoms with Gasteiger partial charge in [-0.15, -0.1) is 0 Å². The number of hydrogen-bond acceptors (Lipinski definition) is 3. The topological polar surface area (TPSA) is 67.0 Å². The minimum Gasteiger partial charge on any atom is -0.490 e. The molecule has 6 heteroatoms. The van der Waals surface area contributed by atoms with Gasteiger partial charge in [0.2, 0.25) is 0 Å². The number of nitrogens with one attached hydrogen (secondary N) is 2. The summed E-state index contributed by atoms with van der Waals surface area (Å²) in [7, 11) is 0. The molecule has 0 fully saturated rings. The van der Waals surface area contributed by atoms with Gasteiger partial charge in [0.25, 0.3) is 5.91 Å². The SMILES string of the molecule is CC(C)(C)[C@H]1CCc2[nH]nc(C(=O)NCCCOc3ccccc3F)c2C1. The standard InChI is InChI=1S/C21H28FN3O2/c1-21(2,3)14-9-10-17-15(13-14)19(25-24-17)20(26)23-11-6-12-27-18-8-5-4-7-16(18)22/h4-5,7-8,14H,6,9-13H2,1-3H3,(H,23,26)(H,24,25)/t14-/m0/s1. The summed E-state index contributed by atoms with van der Waals surface area (Å²) in [6.45, 7) is 7.54. The van der Waals surface area contributed by atoms with Gasteiger partial charge in [-0.1, -0.05) is 32.9 Å².